The minimum Gasteiger partial charge on any atom is -0.507 e. The van der Waals surface area contributed by atoms with Gasteiger partial charge in [0.05, 0.1) is 5.56 Å². The molecule has 0 amide bonds. The van der Waals surface area contributed by atoms with E-state index in [-0.39, 0.29) is 17.1 Å². The summed E-state index contributed by atoms with van der Waals surface area (Å²) in [5.41, 5.74) is 0.724. The Morgan fingerprint density at radius 3 is 2.44 bits per heavy atom. The molecule has 1 N–H and O–H groups in total. The summed E-state index contributed by atoms with van der Waals surface area (Å²) in [6.07, 6.45) is 0. The second-order valence-electron chi connectivity index (χ2n) is 3.95. The Morgan fingerprint density at radius 2 is 1.61 bits per heavy atom. The maximum absolute atomic E-state index is 13.1. The molecular weight excluding hydrogens is 238 g/mol. The van der Waals surface area contributed by atoms with Crippen molar-refractivity contribution in [2.75, 3.05) is 0 Å². The second kappa shape index (κ2) is 3.84. The van der Waals surface area contributed by atoms with Gasteiger partial charge in [-0.25, -0.2) is 8.78 Å². The van der Waals surface area contributed by atoms with E-state index in [0.717, 1.165) is 6.07 Å². The van der Waals surface area contributed by atoms with E-state index in [9.17, 15) is 13.9 Å². The molecule has 0 radical (unpaired) electrons. The van der Waals surface area contributed by atoms with Crippen LogP contribution in [0.5, 0.6) is 5.75 Å². The van der Waals surface area contributed by atoms with Gasteiger partial charge in [-0.3, -0.25) is 0 Å². The Labute approximate surface area is 101 Å². The molecule has 1 heterocycles. The van der Waals surface area contributed by atoms with Gasteiger partial charge in [0.2, 0.25) is 0 Å². The maximum atomic E-state index is 13.1. The molecule has 0 atom stereocenters. The van der Waals surface area contributed by atoms with Gasteiger partial charge in [-0.15, -0.1) is 0 Å². The molecule has 3 rings (SSSR count). The number of phenols is 1. The molecule has 90 valence electrons. The van der Waals surface area contributed by atoms with Gasteiger partial charge < -0.3 is 9.52 Å². The molecule has 0 saturated heterocycles. The molecule has 2 aromatic carbocycles. The molecule has 18 heavy (non-hydrogen) atoms. The molecule has 0 bridgehead atoms. The highest BCUT2D eigenvalue weighted by Crippen LogP contribution is 2.34. The van der Waals surface area contributed by atoms with E-state index in [2.05, 4.69) is 0 Å². The standard InChI is InChI=1S/C14H8F2O2/c15-9-2-4-13-8(5-9)6-14(18-13)11-7-10(16)1-3-12(11)17/h1-7,17H. The number of rotatable bonds is 1. The van der Waals surface area contributed by atoms with Crippen LogP contribution in [0.25, 0.3) is 22.3 Å². The zero-order valence-electron chi connectivity index (χ0n) is 9.15. The second-order valence-corrected chi connectivity index (χ2v) is 3.95. The summed E-state index contributed by atoms with van der Waals surface area (Å²) in [5.74, 6) is -0.642. The fraction of sp³-hybridized carbons (Fsp3) is 0. The average molecular weight is 246 g/mol. The van der Waals surface area contributed by atoms with Crippen molar-refractivity contribution in [2.24, 2.45) is 0 Å². The predicted molar refractivity (Wildman–Crippen MR) is 63.2 cm³/mol. The quantitative estimate of drug-likeness (QED) is 0.701. The fourth-order valence-corrected chi connectivity index (χ4v) is 1.85. The first-order chi connectivity index (χ1) is 8.63. The Balaban J connectivity index is 2.22. The monoisotopic (exact) mass is 246 g/mol. The highest BCUT2D eigenvalue weighted by molar-refractivity contribution is 5.84. The third kappa shape index (κ3) is 1.72. The van der Waals surface area contributed by atoms with Crippen LogP contribution in [-0.2, 0) is 0 Å². The first-order valence-corrected chi connectivity index (χ1v) is 5.31. The van der Waals surface area contributed by atoms with E-state index < -0.39 is 5.82 Å². The van der Waals surface area contributed by atoms with Crippen molar-refractivity contribution in [1.29, 1.82) is 0 Å². The number of furan rings is 1. The number of hydrogen-bond acceptors (Lipinski definition) is 2. The molecule has 2 nitrogen and oxygen atoms in total. The number of fused-ring (bicyclic) bond motifs is 1. The maximum Gasteiger partial charge on any atom is 0.139 e. The van der Waals surface area contributed by atoms with E-state index in [1.54, 1.807) is 6.07 Å². The van der Waals surface area contributed by atoms with Gasteiger partial charge in [-0.2, -0.15) is 0 Å². The number of benzene rings is 2. The van der Waals surface area contributed by atoms with Crippen molar-refractivity contribution >= 4 is 11.0 Å². The van der Waals surface area contributed by atoms with Crippen molar-refractivity contribution < 1.29 is 18.3 Å². The van der Waals surface area contributed by atoms with Crippen LogP contribution in [0.3, 0.4) is 0 Å². The average Bonchev–Trinajstić information content (AvgIpc) is 2.74. The third-order valence-corrected chi connectivity index (χ3v) is 2.70. The lowest BCUT2D eigenvalue weighted by molar-refractivity contribution is 0.472. The Kier molecular flexibility index (Phi) is 2.30. The summed E-state index contributed by atoms with van der Waals surface area (Å²) in [5, 5.41) is 10.2. The van der Waals surface area contributed by atoms with Gasteiger partial charge >= 0.3 is 0 Å². The zero-order valence-corrected chi connectivity index (χ0v) is 9.15. The summed E-state index contributed by atoms with van der Waals surface area (Å²) < 4.78 is 31.6. The fourth-order valence-electron chi connectivity index (χ4n) is 1.85. The molecule has 0 aliphatic carbocycles. The van der Waals surface area contributed by atoms with Crippen LogP contribution in [0.15, 0.2) is 46.9 Å². The Bertz CT molecular complexity index is 732. The summed E-state index contributed by atoms with van der Waals surface area (Å²) in [7, 11) is 0. The lowest BCUT2D eigenvalue weighted by atomic mass is 10.1. The van der Waals surface area contributed by atoms with E-state index in [4.69, 9.17) is 4.42 Å². The number of hydrogen-bond donors (Lipinski definition) is 1. The first kappa shape index (κ1) is 10.8. The highest BCUT2D eigenvalue weighted by atomic mass is 19.1. The summed E-state index contributed by atoms with van der Waals surface area (Å²) in [6, 6.07) is 9.22. The lowest BCUT2D eigenvalue weighted by Crippen LogP contribution is -1.78. The predicted octanol–water partition coefficient (Wildman–Crippen LogP) is 4.08. The van der Waals surface area contributed by atoms with Gasteiger partial charge in [0.25, 0.3) is 0 Å². The highest BCUT2D eigenvalue weighted by Gasteiger charge is 2.11. The topological polar surface area (TPSA) is 33.4 Å². The number of aromatic hydroxyl groups is 1. The molecule has 0 saturated carbocycles. The molecule has 0 aliphatic heterocycles. The number of halogens is 2. The zero-order chi connectivity index (χ0) is 12.7. The largest absolute Gasteiger partial charge is 0.507 e. The summed E-state index contributed by atoms with van der Waals surface area (Å²) in [4.78, 5) is 0. The van der Waals surface area contributed by atoms with E-state index in [0.29, 0.717) is 16.7 Å². The van der Waals surface area contributed by atoms with Gasteiger partial charge in [0.15, 0.2) is 0 Å². The van der Waals surface area contributed by atoms with E-state index in [1.165, 1.54) is 30.3 Å². The van der Waals surface area contributed by atoms with Crippen LogP contribution in [0, 0.1) is 11.6 Å². The van der Waals surface area contributed by atoms with Crippen molar-refractivity contribution in [3.8, 4) is 17.1 Å². The van der Waals surface area contributed by atoms with Crippen LogP contribution >= 0.6 is 0 Å². The summed E-state index contributed by atoms with van der Waals surface area (Å²) >= 11 is 0. The van der Waals surface area contributed by atoms with Gasteiger partial charge in [-0.1, -0.05) is 0 Å². The van der Waals surface area contributed by atoms with Gasteiger partial charge in [0, 0.05) is 5.39 Å². The lowest BCUT2D eigenvalue weighted by Gasteiger charge is -2.00. The third-order valence-electron chi connectivity index (χ3n) is 2.70. The van der Waals surface area contributed by atoms with Crippen LogP contribution in [0.2, 0.25) is 0 Å². The molecule has 0 fully saturated rings. The first-order valence-electron chi connectivity index (χ1n) is 5.31. The number of phenolic OH excluding ortho intramolecular Hbond substituents is 1. The van der Waals surface area contributed by atoms with E-state index >= 15 is 0 Å². The molecule has 0 aliphatic rings. The summed E-state index contributed by atoms with van der Waals surface area (Å²) in [6.45, 7) is 0. The van der Waals surface area contributed by atoms with Gasteiger partial charge in [-0.05, 0) is 42.5 Å². The molecule has 0 spiro atoms. The van der Waals surface area contributed by atoms with Crippen molar-refractivity contribution in [1.82, 2.24) is 0 Å². The smallest absolute Gasteiger partial charge is 0.139 e. The van der Waals surface area contributed by atoms with Crippen LogP contribution < -0.4 is 0 Å². The minimum absolute atomic E-state index is 0.0871. The van der Waals surface area contributed by atoms with E-state index in [1.807, 2.05) is 0 Å². The van der Waals surface area contributed by atoms with Crippen molar-refractivity contribution in [3.63, 3.8) is 0 Å². The van der Waals surface area contributed by atoms with Crippen molar-refractivity contribution in [2.45, 2.75) is 0 Å². The van der Waals surface area contributed by atoms with Crippen LogP contribution in [0.1, 0.15) is 0 Å². The van der Waals surface area contributed by atoms with Crippen molar-refractivity contribution in [3.05, 3.63) is 54.1 Å². The van der Waals surface area contributed by atoms with Gasteiger partial charge in [0.1, 0.15) is 28.7 Å². The minimum atomic E-state index is -0.477. The molecule has 4 heteroatoms. The SMILES string of the molecule is Oc1ccc(F)cc1-c1cc2cc(F)ccc2o1. The van der Waals surface area contributed by atoms with Crippen LogP contribution in [-0.4, -0.2) is 5.11 Å². The Morgan fingerprint density at radius 1 is 0.889 bits per heavy atom. The molecular formula is C14H8F2O2. The molecule has 3 aromatic rings. The Hall–Kier alpha value is -2.36. The van der Waals surface area contributed by atoms with Crippen LogP contribution in [0.4, 0.5) is 8.78 Å². The molecule has 1 aromatic heterocycles. The molecule has 0 unspecified atom stereocenters. The normalized spacial score (nSPS) is 11.0.